The number of amides is 1. The van der Waals surface area contributed by atoms with Gasteiger partial charge in [0.1, 0.15) is 11.6 Å². The molecule has 3 aromatic rings. The number of carbonyl (C=O) groups is 1. The molecule has 8 nitrogen and oxygen atoms in total. The van der Waals surface area contributed by atoms with Crippen molar-refractivity contribution < 1.29 is 14.3 Å². The van der Waals surface area contributed by atoms with Crippen LogP contribution < -0.4 is 10.1 Å². The van der Waals surface area contributed by atoms with Crippen LogP contribution in [0.3, 0.4) is 0 Å². The Morgan fingerprint density at radius 1 is 1.31 bits per heavy atom. The molecule has 0 unspecified atom stereocenters. The van der Waals surface area contributed by atoms with Gasteiger partial charge in [0.05, 0.1) is 31.4 Å². The maximum absolute atomic E-state index is 12.5. The van der Waals surface area contributed by atoms with Crippen LogP contribution >= 0.6 is 0 Å². The van der Waals surface area contributed by atoms with E-state index in [0.29, 0.717) is 29.3 Å². The third-order valence-electron chi connectivity index (χ3n) is 5.02. The van der Waals surface area contributed by atoms with Gasteiger partial charge in [-0.1, -0.05) is 0 Å². The molecular formula is C21H25N5O3. The average Bonchev–Trinajstić information content (AvgIpc) is 3.21. The van der Waals surface area contributed by atoms with Gasteiger partial charge in [0.15, 0.2) is 5.65 Å². The maximum atomic E-state index is 12.5. The molecule has 2 aromatic heterocycles. The van der Waals surface area contributed by atoms with E-state index in [2.05, 4.69) is 25.2 Å². The first kappa shape index (κ1) is 19.4. The van der Waals surface area contributed by atoms with Gasteiger partial charge in [0.2, 0.25) is 0 Å². The predicted molar refractivity (Wildman–Crippen MR) is 110 cm³/mol. The highest BCUT2D eigenvalue weighted by molar-refractivity contribution is 5.95. The van der Waals surface area contributed by atoms with E-state index in [4.69, 9.17) is 9.47 Å². The third kappa shape index (κ3) is 4.55. The maximum Gasteiger partial charge on any atom is 0.251 e. The van der Waals surface area contributed by atoms with Crippen LogP contribution in [0.15, 0.2) is 36.5 Å². The Morgan fingerprint density at radius 2 is 2.17 bits per heavy atom. The lowest BCUT2D eigenvalue weighted by Gasteiger charge is -2.26. The summed E-state index contributed by atoms with van der Waals surface area (Å²) in [5.74, 6) is 1.14. The molecule has 29 heavy (non-hydrogen) atoms. The van der Waals surface area contributed by atoms with Crippen molar-refractivity contribution in [3.05, 3.63) is 42.1 Å². The SMILES string of the molecule is COc1cc(C(=O)NCCCN2CCOCC2)ccc1-c1nc2ncccc2[nH]1. The van der Waals surface area contributed by atoms with Crippen molar-refractivity contribution in [1.82, 2.24) is 25.2 Å². The lowest BCUT2D eigenvalue weighted by molar-refractivity contribution is 0.0374. The van der Waals surface area contributed by atoms with Crippen molar-refractivity contribution in [2.75, 3.05) is 46.5 Å². The molecule has 0 radical (unpaired) electrons. The third-order valence-corrected chi connectivity index (χ3v) is 5.02. The minimum absolute atomic E-state index is 0.108. The van der Waals surface area contributed by atoms with E-state index in [-0.39, 0.29) is 5.91 Å². The van der Waals surface area contributed by atoms with Crippen molar-refractivity contribution in [3.8, 4) is 17.1 Å². The van der Waals surface area contributed by atoms with Gasteiger partial charge in [0, 0.05) is 31.4 Å². The monoisotopic (exact) mass is 395 g/mol. The van der Waals surface area contributed by atoms with Crippen molar-refractivity contribution in [1.29, 1.82) is 0 Å². The first-order chi connectivity index (χ1) is 14.2. The molecule has 1 aliphatic rings. The number of fused-ring (bicyclic) bond motifs is 1. The van der Waals surface area contributed by atoms with Crippen LogP contribution in [0, 0.1) is 0 Å². The van der Waals surface area contributed by atoms with Crippen LogP contribution in [0.1, 0.15) is 16.8 Å². The van der Waals surface area contributed by atoms with Gasteiger partial charge in [-0.25, -0.2) is 9.97 Å². The Kier molecular flexibility index (Phi) is 6.02. The summed E-state index contributed by atoms with van der Waals surface area (Å²) >= 11 is 0. The summed E-state index contributed by atoms with van der Waals surface area (Å²) in [4.78, 5) is 26.9. The van der Waals surface area contributed by atoms with Gasteiger partial charge < -0.3 is 19.8 Å². The largest absolute Gasteiger partial charge is 0.496 e. The van der Waals surface area contributed by atoms with E-state index in [1.807, 2.05) is 18.2 Å². The van der Waals surface area contributed by atoms with E-state index < -0.39 is 0 Å². The van der Waals surface area contributed by atoms with Crippen molar-refractivity contribution in [3.63, 3.8) is 0 Å². The fraction of sp³-hybridized carbons (Fsp3) is 0.381. The molecule has 1 fully saturated rings. The molecule has 0 spiro atoms. The first-order valence-corrected chi connectivity index (χ1v) is 9.82. The number of hydrogen-bond donors (Lipinski definition) is 2. The Labute approximate surface area is 169 Å². The number of benzene rings is 1. The molecule has 0 atom stereocenters. The normalized spacial score (nSPS) is 14.8. The average molecular weight is 395 g/mol. The topological polar surface area (TPSA) is 92.4 Å². The zero-order chi connectivity index (χ0) is 20.1. The molecule has 152 valence electrons. The zero-order valence-electron chi connectivity index (χ0n) is 16.5. The highest BCUT2D eigenvalue weighted by Gasteiger charge is 2.15. The summed E-state index contributed by atoms with van der Waals surface area (Å²) < 4.78 is 10.9. The summed E-state index contributed by atoms with van der Waals surface area (Å²) in [6.07, 6.45) is 2.61. The number of methoxy groups -OCH3 is 1. The van der Waals surface area contributed by atoms with Crippen LogP contribution in [0.25, 0.3) is 22.6 Å². The lowest BCUT2D eigenvalue weighted by atomic mass is 10.1. The van der Waals surface area contributed by atoms with Gasteiger partial charge >= 0.3 is 0 Å². The molecule has 0 saturated carbocycles. The minimum Gasteiger partial charge on any atom is -0.496 e. The molecule has 1 aliphatic heterocycles. The fourth-order valence-corrected chi connectivity index (χ4v) is 3.43. The summed E-state index contributed by atoms with van der Waals surface area (Å²) in [6, 6.07) is 9.15. The van der Waals surface area contributed by atoms with Gasteiger partial charge in [-0.3, -0.25) is 9.69 Å². The van der Waals surface area contributed by atoms with Gasteiger partial charge in [0.25, 0.3) is 5.91 Å². The van der Waals surface area contributed by atoms with Crippen LogP contribution in [0.5, 0.6) is 5.75 Å². The number of ether oxygens (including phenoxy) is 2. The Hall–Kier alpha value is -2.97. The number of nitrogens with one attached hydrogen (secondary N) is 2. The van der Waals surface area contributed by atoms with Crippen LogP contribution in [0.4, 0.5) is 0 Å². The van der Waals surface area contributed by atoms with Crippen molar-refractivity contribution in [2.24, 2.45) is 0 Å². The molecule has 3 heterocycles. The molecule has 0 aliphatic carbocycles. The number of imidazole rings is 1. The first-order valence-electron chi connectivity index (χ1n) is 9.82. The molecule has 4 rings (SSSR count). The molecule has 8 heteroatoms. The van der Waals surface area contributed by atoms with E-state index in [0.717, 1.165) is 50.3 Å². The fourth-order valence-electron chi connectivity index (χ4n) is 3.43. The molecule has 0 bridgehead atoms. The van der Waals surface area contributed by atoms with Gasteiger partial charge in [-0.15, -0.1) is 0 Å². The second-order valence-electron chi connectivity index (χ2n) is 6.94. The van der Waals surface area contributed by atoms with E-state index >= 15 is 0 Å². The summed E-state index contributed by atoms with van der Waals surface area (Å²) in [6.45, 7) is 5.11. The molecule has 1 saturated heterocycles. The number of carbonyl (C=O) groups excluding carboxylic acids is 1. The van der Waals surface area contributed by atoms with Crippen LogP contribution in [-0.4, -0.2) is 72.3 Å². The predicted octanol–water partition coefficient (Wildman–Crippen LogP) is 2.09. The highest BCUT2D eigenvalue weighted by Crippen LogP contribution is 2.30. The lowest BCUT2D eigenvalue weighted by Crippen LogP contribution is -2.38. The Balaban J connectivity index is 1.39. The van der Waals surface area contributed by atoms with Gasteiger partial charge in [-0.05, 0) is 43.3 Å². The van der Waals surface area contributed by atoms with Gasteiger partial charge in [-0.2, -0.15) is 0 Å². The number of rotatable bonds is 7. The second-order valence-corrected chi connectivity index (χ2v) is 6.94. The Bertz CT molecular complexity index is 948. The standard InChI is InChI=1S/C21H25N5O3/c1-28-18-14-15(21(27)23-8-3-9-26-10-12-29-13-11-26)5-6-16(18)19-24-17-4-2-7-22-20(17)25-19/h2,4-7,14H,3,8-13H2,1H3,(H,23,27)(H,22,24,25). The zero-order valence-corrected chi connectivity index (χ0v) is 16.5. The van der Waals surface area contributed by atoms with Crippen LogP contribution in [-0.2, 0) is 4.74 Å². The van der Waals surface area contributed by atoms with Crippen molar-refractivity contribution in [2.45, 2.75) is 6.42 Å². The number of pyridine rings is 1. The molecular weight excluding hydrogens is 370 g/mol. The number of hydrogen-bond acceptors (Lipinski definition) is 6. The van der Waals surface area contributed by atoms with E-state index in [1.165, 1.54) is 0 Å². The number of aromatic amines is 1. The second kappa shape index (κ2) is 9.02. The number of morpholine rings is 1. The highest BCUT2D eigenvalue weighted by atomic mass is 16.5. The number of H-pyrrole nitrogens is 1. The number of nitrogens with zero attached hydrogens (tertiary/aromatic N) is 3. The summed E-state index contributed by atoms with van der Waals surface area (Å²) in [7, 11) is 1.59. The van der Waals surface area contributed by atoms with E-state index in [9.17, 15) is 4.79 Å². The number of aromatic nitrogens is 3. The quantitative estimate of drug-likeness (QED) is 0.595. The molecule has 1 amide bonds. The smallest absolute Gasteiger partial charge is 0.251 e. The minimum atomic E-state index is -0.108. The molecule has 1 aromatic carbocycles. The van der Waals surface area contributed by atoms with Crippen molar-refractivity contribution >= 4 is 17.1 Å². The van der Waals surface area contributed by atoms with Crippen LogP contribution in [0.2, 0.25) is 0 Å². The van der Waals surface area contributed by atoms with E-state index in [1.54, 1.807) is 25.4 Å². The Morgan fingerprint density at radius 3 is 2.97 bits per heavy atom. The molecule has 2 N–H and O–H groups in total. The summed E-state index contributed by atoms with van der Waals surface area (Å²) in [5.41, 5.74) is 2.85. The summed E-state index contributed by atoms with van der Waals surface area (Å²) in [5, 5.41) is 2.98.